The summed E-state index contributed by atoms with van der Waals surface area (Å²) in [5.74, 6) is -1.58. The Morgan fingerprint density at radius 1 is 0.762 bits per heavy atom. The standard InChI is InChI=1S/C17H12N2O2/c18-14-13(11-7-3-1-4-8-11)15(19-17(21)16(14)20)12-9-5-2-6-10-12/h1-10H,18H2. The van der Waals surface area contributed by atoms with E-state index in [4.69, 9.17) is 5.73 Å². The van der Waals surface area contributed by atoms with E-state index in [1.165, 1.54) is 0 Å². The van der Waals surface area contributed by atoms with E-state index < -0.39 is 11.7 Å². The highest BCUT2D eigenvalue weighted by Crippen LogP contribution is 2.26. The average molecular weight is 276 g/mol. The molecule has 0 radical (unpaired) electrons. The highest BCUT2D eigenvalue weighted by Gasteiger charge is 2.29. The lowest BCUT2D eigenvalue weighted by molar-refractivity contribution is -0.133. The van der Waals surface area contributed by atoms with Gasteiger partial charge in [-0.2, -0.15) is 0 Å². The zero-order chi connectivity index (χ0) is 14.8. The molecule has 4 nitrogen and oxygen atoms in total. The number of amides is 1. The predicted molar refractivity (Wildman–Crippen MR) is 80.5 cm³/mol. The second-order valence-electron chi connectivity index (χ2n) is 4.62. The molecule has 102 valence electrons. The molecule has 4 heteroatoms. The molecule has 3 rings (SSSR count). The zero-order valence-corrected chi connectivity index (χ0v) is 11.1. The molecule has 0 aromatic heterocycles. The number of rotatable bonds is 2. The molecule has 2 aromatic rings. The fourth-order valence-electron chi connectivity index (χ4n) is 2.27. The van der Waals surface area contributed by atoms with Gasteiger partial charge in [-0.3, -0.25) is 9.59 Å². The summed E-state index contributed by atoms with van der Waals surface area (Å²) in [4.78, 5) is 27.5. The van der Waals surface area contributed by atoms with Crippen LogP contribution in [0.2, 0.25) is 0 Å². The van der Waals surface area contributed by atoms with Gasteiger partial charge < -0.3 is 5.73 Å². The van der Waals surface area contributed by atoms with Gasteiger partial charge in [-0.25, -0.2) is 4.99 Å². The van der Waals surface area contributed by atoms with Crippen LogP contribution in [0, 0.1) is 0 Å². The number of hydrogen-bond acceptors (Lipinski definition) is 3. The number of nitrogens with zero attached hydrogens (tertiary/aromatic N) is 1. The average Bonchev–Trinajstić information content (AvgIpc) is 2.54. The van der Waals surface area contributed by atoms with Crippen molar-refractivity contribution in [2.75, 3.05) is 0 Å². The molecule has 1 amide bonds. The second-order valence-corrected chi connectivity index (χ2v) is 4.62. The molecule has 21 heavy (non-hydrogen) atoms. The Kier molecular flexibility index (Phi) is 3.20. The molecule has 1 aliphatic rings. The van der Waals surface area contributed by atoms with Crippen LogP contribution in [-0.2, 0) is 9.59 Å². The Morgan fingerprint density at radius 3 is 1.86 bits per heavy atom. The second kappa shape index (κ2) is 5.17. The van der Waals surface area contributed by atoms with E-state index in [2.05, 4.69) is 4.99 Å². The lowest BCUT2D eigenvalue weighted by atomic mass is 9.91. The lowest BCUT2D eigenvalue weighted by Gasteiger charge is -2.17. The van der Waals surface area contributed by atoms with Gasteiger partial charge >= 0.3 is 5.91 Å². The zero-order valence-electron chi connectivity index (χ0n) is 11.1. The highest BCUT2D eigenvalue weighted by molar-refractivity contribution is 6.54. The van der Waals surface area contributed by atoms with Crippen LogP contribution in [0.15, 0.2) is 71.4 Å². The Labute approximate surface area is 121 Å². The fourth-order valence-corrected chi connectivity index (χ4v) is 2.27. The summed E-state index contributed by atoms with van der Waals surface area (Å²) in [7, 11) is 0. The summed E-state index contributed by atoms with van der Waals surface area (Å²) in [6.45, 7) is 0. The van der Waals surface area contributed by atoms with Crippen LogP contribution in [0.25, 0.3) is 5.57 Å². The lowest BCUT2D eigenvalue weighted by Crippen LogP contribution is -2.29. The number of Topliss-reactive ketones (excluding diaryl/α,β-unsaturated/α-hetero) is 1. The van der Waals surface area contributed by atoms with E-state index >= 15 is 0 Å². The van der Waals surface area contributed by atoms with Crippen LogP contribution in [-0.4, -0.2) is 17.4 Å². The third-order valence-electron chi connectivity index (χ3n) is 3.27. The topological polar surface area (TPSA) is 72.5 Å². The Bertz CT molecular complexity index is 775. The van der Waals surface area contributed by atoms with E-state index in [0.717, 1.165) is 11.1 Å². The predicted octanol–water partition coefficient (Wildman–Crippen LogP) is 1.96. The molecule has 0 aliphatic carbocycles. The monoisotopic (exact) mass is 276 g/mol. The molecule has 0 saturated carbocycles. The van der Waals surface area contributed by atoms with E-state index in [1.54, 1.807) is 0 Å². The molecule has 0 fully saturated rings. The maximum Gasteiger partial charge on any atom is 0.320 e. The van der Waals surface area contributed by atoms with Gasteiger partial charge in [0.25, 0.3) is 5.78 Å². The van der Waals surface area contributed by atoms with Gasteiger partial charge in [-0.15, -0.1) is 0 Å². The minimum atomic E-state index is -0.828. The molecular formula is C17H12N2O2. The minimum Gasteiger partial charge on any atom is -0.395 e. The van der Waals surface area contributed by atoms with Crippen LogP contribution in [0.1, 0.15) is 11.1 Å². The largest absolute Gasteiger partial charge is 0.395 e. The van der Waals surface area contributed by atoms with E-state index in [1.807, 2.05) is 60.7 Å². The minimum absolute atomic E-state index is 0.0555. The van der Waals surface area contributed by atoms with Crippen molar-refractivity contribution in [3.8, 4) is 0 Å². The smallest absolute Gasteiger partial charge is 0.320 e. The quantitative estimate of drug-likeness (QED) is 0.852. The van der Waals surface area contributed by atoms with E-state index in [9.17, 15) is 9.59 Å². The van der Waals surface area contributed by atoms with E-state index in [-0.39, 0.29) is 5.70 Å². The first kappa shape index (κ1) is 13.0. The van der Waals surface area contributed by atoms with Crippen LogP contribution in [0.4, 0.5) is 0 Å². The first-order chi connectivity index (χ1) is 10.2. The third-order valence-corrected chi connectivity index (χ3v) is 3.27. The van der Waals surface area contributed by atoms with Gasteiger partial charge in [0.05, 0.1) is 11.4 Å². The van der Waals surface area contributed by atoms with Crippen LogP contribution >= 0.6 is 0 Å². The number of carbonyl (C=O) groups excluding carboxylic acids is 2. The number of ketones is 1. The molecule has 2 N–H and O–H groups in total. The van der Waals surface area contributed by atoms with Crippen molar-refractivity contribution in [3.63, 3.8) is 0 Å². The summed E-state index contributed by atoms with van der Waals surface area (Å²) in [5.41, 5.74) is 8.30. The molecule has 0 atom stereocenters. The van der Waals surface area contributed by atoms with Crippen molar-refractivity contribution in [1.82, 2.24) is 0 Å². The summed E-state index contributed by atoms with van der Waals surface area (Å²) >= 11 is 0. The maximum absolute atomic E-state index is 11.8. The summed E-state index contributed by atoms with van der Waals surface area (Å²) < 4.78 is 0. The number of nitrogens with two attached hydrogens (primary N) is 1. The maximum atomic E-state index is 11.8. The molecule has 0 bridgehead atoms. The van der Waals surface area contributed by atoms with E-state index in [0.29, 0.717) is 11.3 Å². The molecule has 0 unspecified atom stereocenters. The highest BCUT2D eigenvalue weighted by atomic mass is 16.2. The molecule has 0 spiro atoms. The van der Waals surface area contributed by atoms with Crippen molar-refractivity contribution in [1.29, 1.82) is 0 Å². The van der Waals surface area contributed by atoms with Crippen molar-refractivity contribution in [2.45, 2.75) is 0 Å². The molecule has 0 saturated heterocycles. The summed E-state index contributed by atoms with van der Waals surface area (Å²) in [6, 6.07) is 18.5. The number of hydrogen-bond donors (Lipinski definition) is 1. The number of carbonyl (C=O) groups is 2. The first-order valence-electron chi connectivity index (χ1n) is 6.47. The third kappa shape index (κ3) is 2.27. The molecular weight excluding hydrogens is 264 g/mol. The SMILES string of the molecule is NC1=C(c2ccccc2)C(c2ccccc2)=NC(=O)C1=O. The van der Waals surface area contributed by atoms with Gasteiger partial charge in [0.2, 0.25) is 0 Å². The van der Waals surface area contributed by atoms with Gasteiger partial charge in [0.1, 0.15) is 0 Å². The van der Waals surface area contributed by atoms with Gasteiger partial charge in [-0.05, 0) is 5.56 Å². The van der Waals surface area contributed by atoms with Gasteiger partial charge in [0.15, 0.2) is 0 Å². The number of aliphatic imine (C=N–C) groups is 1. The Hall–Kier alpha value is -3.01. The Morgan fingerprint density at radius 2 is 1.29 bits per heavy atom. The normalized spacial score (nSPS) is 15.1. The van der Waals surface area contributed by atoms with Crippen molar-refractivity contribution >= 4 is 23.0 Å². The first-order valence-corrected chi connectivity index (χ1v) is 6.47. The van der Waals surface area contributed by atoms with Crippen molar-refractivity contribution in [3.05, 3.63) is 77.5 Å². The Balaban J connectivity index is 2.23. The van der Waals surface area contributed by atoms with Crippen LogP contribution in [0.3, 0.4) is 0 Å². The summed E-state index contributed by atoms with van der Waals surface area (Å²) in [5, 5.41) is 0. The molecule has 1 heterocycles. The van der Waals surface area contributed by atoms with Crippen LogP contribution in [0.5, 0.6) is 0 Å². The number of dihydropyridines is 1. The number of allylic oxidation sites excluding steroid dienone is 1. The summed E-state index contributed by atoms with van der Waals surface area (Å²) in [6.07, 6.45) is 0. The van der Waals surface area contributed by atoms with Crippen molar-refractivity contribution < 1.29 is 9.59 Å². The van der Waals surface area contributed by atoms with Gasteiger partial charge in [-0.1, -0.05) is 60.7 Å². The number of benzene rings is 2. The fraction of sp³-hybridized carbons (Fsp3) is 0. The van der Waals surface area contributed by atoms with Gasteiger partial charge in [0, 0.05) is 11.1 Å². The van der Waals surface area contributed by atoms with Crippen LogP contribution < -0.4 is 5.73 Å². The van der Waals surface area contributed by atoms with Crippen molar-refractivity contribution in [2.24, 2.45) is 10.7 Å². The molecule has 1 aliphatic heterocycles. The molecule has 2 aromatic carbocycles.